The standard InChI is InChI=1S/C21H14FN3O3S2/c22-14-3-1-2-13(6-14)20-23-15(9-29-20)8-19(26)25-21-24-16(10-30-21)12-4-5-17-18(7-12)28-11-27-17/h1-7,9-10H,8,11H2,(H,24,25,26). The SMILES string of the molecule is O=C(Cc1csc(-c2cccc(F)c2)n1)Nc1nc(-c2ccc3c(c2)OCO3)cs1. The van der Waals surface area contributed by atoms with Crippen LogP contribution in [-0.4, -0.2) is 22.7 Å². The molecule has 6 nitrogen and oxygen atoms in total. The molecule has 30 heavy (non-hydrogen) atoms. The lowest BCUT2D eigenvalue weighted by atomic mass is 10.1. The summed E-state index contributed by atoms with van der Waals surface area (Å²) in [6.45, 7) is 0.217. The molecular weight excluding hydrogens is 425 g/mol. The number of carbonyl (C=O) groups excluding carboxylic acids is 1. The summed E-state index contributed by atoms with van der Waals surface area (Å²) in [5.74, 6) is 0.869. The van der Waals surface area contributed by atoms with Crippen LogP contribution < -0.4 is 14.8 Å². The summed E-state index contributed by atoms with van der Waals surface area (Å²) >= 11 is 2.72. The molecule has 0 unspecified atom stereocenters. The first-order chi connectivity index (χ1) is 14.6. The van der Waals surface area contributed by atoms with Crippen LogP contribution in [0.3, 0.4) is 0 Å². The van der Waals surface area contributed by atoms with Gasteiger partial charge in [-0.15, -0.1) is 22.7 Å². The lowest BCUT2D eigenvalue weighted by Gasteiger charge is -2.01. The van der Waals surface area contributed by atoms with Crippen molar-refractivity contribution in [3.63, 3.8) is 0 Å². The molecule has 0 saturated carbocycles. The molecule has 0 aliphatic carbocycles. The second kappa shape index (κ2) is 7.85. The third-order valence-electron chi connectivity index (χ3n) is 4.38. The topological polar surface area (TPSA) is 73.3 Å². The summed E-state index contributed by atoms with van der Waals surface area (Å²) in [4.78, 5) is 21.3. The number of hydrogen-bond donors (Lipinski definition) is 1. The third-order valence-corrected chi connectivity index (χ3v) is 6.08. The van der Waals surface area contributed by atoms with E-state index < -0.39 is 0 Å². The van der Waals surface area contributed by atoms with Crippen LogP contribution in [-0.2, 0) is 11.2 Å². The maximum absolute atomic E-state index is 13.4. The van der Waals surface area contributed by atoms with Gasteiger partial charge in [0.15, 0.2) is 16.6 Å². The molecule has 9 heteroatoms. The van der Waals surface area contributed by atoms with Gasteiger partial charge in [-0.1, -0.05) is 12.1 Å². The Bertz CT molecular complexity index is 1240. The van der Waals surface area contributed by atoms with E-state index in [-0.39, 0.29) is 24.9 Å². The minimum absolute atomic E-state index is 0.116. The first kappa shape index (κ1) is 18.7. The molecule has 150 valence electrons. The molecule has 4 aromatic rings. The summed E-state index contributed by atoms with van der Waals surface area (Å²) in [5.41, 5.74) is 2.95. The number of carbonyl (C=O) groups is 1. The quantitative estimate of drug-likeness (QED) is 0.475. The number of benzene rings is 2. The number of aromatic nitrogens is 2. The van der Waals surface area contributed by atoms with E-state index in [4.69, 9.17) is 9.47 Å². The lowest BCUT2D eigenvalue weighted by Crippen LogP contribution is -2.14. The van der Waals surface area contributed by atoms with Crippen molar-refractivity contribution < 1.29 is 18.7 Å². The second-order valence-corrected chi connectivity index (χ2v) is 8.20. The number of nitrogens with zero attached hydrogens (tertiary/aromatic N) is 2. The Balaban J connectivity index is 1.24. The van der Waals surface area contributed by atoms with E-state index in [1.807, 2.05) is 23.6 Å². The zero-order valence-corrected chi connectivity index (χ0v) is 17.1. The maximum Gasteiger partial charge on any atom is 0.232 e. The molecule has 1 N–H and O–H groups in total. The Morgan fingerprint density at radius 1 is 1.03 bits per heavy atom. The van der Waals surface area contributed by atoms with Crippen molar-refractivity contribution in [1.82, 2.24) is 9.97 Å². The van der Waals surface area contributed by atoms with Gasteiger partial charge in [-0.3, -0.25) is 4.79 Å². The highest BCUT2D eigenvalue weighted by molar-refractivity contribution is 7.14. The van der Waals surface area contributed by atoms with Crippen LogP contribution in [0.2, 0.25) is 0 Å². The molecule has 2 aromatic heterocycles. The predicted molar refractivity (Wildman–Crippen MR) is 114 cm³/mol. The van der Waals surface area contributed by atoms with Crippen molar-refractivity contribution >= 4 is 33.7 Å². The van der Waals surface area contributed by atoms with Crippen LogP contribution in [0.25, 0.3) is 21.8 Å². The van der Waals surface area contributed by atoms with Crippen LogP contribution in [0, 0.1) is 5.82 Å². The van der Waals surface area contributed by atoms with E-state index in [9.17, 15) is 9.18 Å². The van der Waals surface area contributed by atoms with Gasteiger partial charge in [-0.2, -0.15) is 0 Å². The second-order valence-electron chi connectivity index (χ2n) is 6.49. The summed E-state index contributed by atoms with van der Waals surface area (Å²) in [6, 6.07) is 11.8. The first-order valence-corrected chi connectivity index (χ1v) is 10.8. The normalized spacial score (nSPS) is 12.2. The first-order valence-electron chi connectivity index (χ1n) is 9.00. The molecule has 2 aromatic carbocycles. The van der Waals surface area contributed by atoms with Gasteiger partial charge in [0.1, 0.15) is 10.8 Å². The number of thiazole rings is 2. The van der Waals surface area contributed by atoms with E-state index in [0.29, 0.717) is 32.9 Å². The average molecular weight is 439 g/mol. The highest BCUT2D eigenvalue weighted by atomic mass is 32.1. The van der Waals surface area contributed by atoms with Crippen molar-refractivity contribution in [3.05, 3.63) is 64.7 Å². The molecule has 1 aliphatic heterocycles. The number of halogens is 1. The van der Waals surface area contributed by atoms with Crippen molar-refractivity contribution in [2.75, 3.05) is 12.1 Å². The molecular formula is C21H14FN3O3S2. The number of rotatable bonds is 5. The summed E-state index contributed by atoms with van der Waals surface area (Å²) in [7, 11) is 0. The summed E-state index contributed by atoms with van der Waals surface area (Å²) < 4.78 is 24.1. The smallest absolute Gasteiger partial charge is 0.232 e. The van der Waals surface area contributed by atoms with Gasteiger partial charge < -0.3 is 14.8 Å². The van der Waals surface area contributed by atoms with E-state index in [1.54, 1.807) is 17.5 Å². The Morgan fingerprint density at radius 2 is 1.93 bits per heavy atom. The van der Waals surface area contributed by atoms with Crippen molar-refractivity contribution in [2.24, 2.45) is 0 Å². The fraction of sp³-hybridized carbons (Fsp3) is 0.0952. The Kier molecular flexibility index (Phi) is 4.89. The number of amides is 1. The van der Waals surface area contributed by atoms with Gasteiger partial charge in [-0.05, 0) is 30.3 Å². The Hall–Kier alpha value is -3.30. The van der Waals surface area contributed by atoms with E-state index in [1.165, 1.54) is 34.8 Å². The van der Waals surface area contributed by atoms with Crippen LogP contribution in [0.1, 0.15) is 5.69 Å². The molecule has 1 aliphatic rings. The molecule has 0 saturated heterocycles. The van der Waals surface area contributed by atoms with Gasteiger partial charge in [0.25, 0.3) is 0 Å². The van der Waals surface area contributed by atoms with Crippen molar-refractivity contribution in [3.8, 4) is 33.3 Å². The molecule has 5 rings (SSSR count). The largest absolute Gasteiger partial charge is 0.454 e. The lowest BCUT2D eigenvalue weighted by molar-refractivity contribution is -0.115. The molecule has 0 spiro atoms. The fourth-order valence-electron chi connectivity index (χ4n) is 2.99. The number of nitrogens with one attached hydrogen (secondary N) is 1. The number of fused-ring (bicyclic) bond motifs is 1. The fourth-order valence-corrected chi connectivity index (χ4v) is 4.54. The zero-order chi connectivity index (χ0) is 20.5. The zero-order valence-electron chi connectivity index (χ0n) is 15.4. The summed E-state index contributed by atoms with van der Waals surface area (Å²) in [5, 5.41) is 7.67. The highest BCUT2D eigenvalue weighted by Gasteiger charge is 2.16. The van der Waals surface area contributed by atoms with Gasteiger partial charge in [0, 0.05) is 21.9 Å². The van der Waals surface area contributed by atoms with Crippen LogP contribution in [0.15, 0.2) is 53.2 Å². The van der Waals surface area contributed by atoms with Crippen LogP contribution in [0.5, 0.6) is 11.5 Å². The van der Waals surface area contributed by atoms with Gasteiger partial charge >= 0.3 is 0 Å². The van der Waals surface area contributed by atoms with E-state index >= 15 is 0 Å². The maximum atomic E-state index is 13.4. The monoisotopic (exact) mass is 439 g/mol. The van der Waals surface area contributed by atoms with Gasteiger partial charge in [0.05, 0.1) is 17.8 Å². The molecule has 1 amide bonds. The van der Waals surface area contributed by atoms with Crippen molar-refractivity contribution in [1.29, 1.82) is 0 Å². The average Bonchev–Trinajstić information content (AvgIpc) is 3.48. The minimum atomic E-state index is -0.316. The predicted octanol–water partition coefficient (Wildman–Crippen LogP) is 4.98. The van der Waals surface area contributed by atoms with Crippen LogP contribution >= 0.6 is 22.7 Å². The minimum Gasteiger partial charge on any atom is -0.454 e. The molecule has 0 radical (unpaired) electrons. The van der Waals surface area contributed by atoms with Crippen LogP contribution in [0.4, 0.5) is 9.52 Å². The molecule has 0 bridgehead atoms. The molecule has 3 heterocycles. The third kappa shape index (κ3) is 3.89. The van der Waals surface area contributed by atoms with Crippen molar-refractivity contribution in [2.45, 2.75) is 6.42 Å². The Morgan fingerprint density at radius 3 is 2.83 bits per heavy atom. The van der Waals surface area contributed by atoms with Gasteiger partial charge in [0.2, 0.25) is 12.7 Å². The van der Waals surface area contributed by atoms with E-state index in [2.05, 4.69) is 15.3 Å². The number of hydrogen-bond acceptors (Lipinski definition) is 7. The molecule has 0 fully saturated rings. The summed E-state index contributed by atoms with van der Waals surface area (Å²) in [6.07, 6.45) is 0.116. The Labute approximate surface area is 179 Å². The highest BCUT2D eigenvalue weighted by Crippen LogP contribution is 2.36. The molecule has 0 atom stereocenters. The number of anilines is 1. The number of ether oxygens (including phenoxy) is 2. The van der Waals surface area contributed by atoms with Gasteiger partial charge in [-0.25, -0.2) is 14.4 Å². The van der Waals surface area contributed by atoms with E-state index in [0.717, 1.165) is 11.3 Å².